The van der Waals surface area contributed by atoms with E-state index in [4.69, 9.17) is 4.74 Å². The van der Waals surface area contributed by atoms with Gasteiger partial charge in [0.2, 0.25) is 0 Å². The molecule has 2 saturated carbocycles. The quantitative estimate of drug-likeness (QED) is 0.801. The predicted molar refractivity (Wildman–Crippen MR) is 83.1 cm³/mol. The molecule has 1 heterocycles. The monoisotopic (exact) mass is 280 g/mol. The van der Waals surface area contributed by atoms with Crippen LogP contribution in [0.4, 0.5) is 0 Å². The third-order valence-electron chi connectivity index (χ3n) is 6.01. The van der Waals surface area contributed by atoms with E-state index in [0.29, 0.717) is 11.1 Å². The maximum Gasteiger partial charge on any atom is 0.0593 e. The number of hydrogen-bond acceptors (Lipinski definition) is 3. The molecule has 1 N–H and O–H groups in total. The topological polar surface area (TPSA) is 24.5 Å². The van der Waals surface area contributed by atoms with Crippen molar-refractivity contribution in [3.05, 3.63) is 0 Å². The van der Waals surface area contributed by atoms with E-state index in [9.17, 15) is 0 Å². The molecule has 3 rings (SSSR count). The zero-order valence-electron chi connectivity index (χ0n) is 13.3. The number of nitrogens with one attached hydrogen (secondary N) is 1. The Hall–Kier alpha value is -0.120. The summed E-state index contributed by atoms with van der Waals surface area (Å²) in [4.78, 5) is 2.82. The number of rotatable bonds is 4. The smallest absolute Gasteiger partial charge is 0.0593 e. The third-order valence-corrected chi connectivity index (χ3v) is 6.01. The normalized spacial score (nSPS) is 29.2. The summed E-state index contributed by atoms with van der Waals surface area (Å²) in [5.74, 6) is 0. The zero-order chi connectivity index (χ0) is 13.9. The molecule has 1 saturated heterocycles. The maximum atomic E-state index is 5.65. The van der Waals surface area contributed by atoms with E-state index in [1.165, 1.54) is 70.9 Å². The van der Waals surface area contributed by atoms with Gasteiger partial charge in [-0.1, -0.05) is 32.1 Å². The number of piperazine rings is 1. The highest BCUT2D eigenvalue weighted by Gasteiger charge is 2.48. The first-order chi connectivity index (χ1) is 9.79. The molecular weight excluding hydrogens is 248 g/mol. The largest absolute Gasteiger partial charge is 0.380 e. The summed E-state index contributed by atoms with van der Waals surface area (Å²) < 4.78 is 5.65. The van der Waals surface area contributed by atoms with Crippen molar-refractivity contribution in [3.63, 3.8) is 0 Å². The second-order valence-corrected chi connectivity index (χ2v) is 7.24. The first-order valence-corrected chi connectivity index (χ1v) is 8.87. The summed E-state index contributed by atoms with van der Waals surface area (Å²) in [5.41, 5.74) is 0.887. The molecule has 2 aliphatic carbocycles. The minimum atomic E-state index is 0.429. The summed E-state index contributed by atoms with van der Waals surface area (Å²) in [7, 11) is 0. The molecule has 20 heavy (non-hydrogen) atoms. The molecule has 116 valence electrons. The minimum absolute atomic E-state index is 0.429. The van der Waals surface area contributed by atoms with Crippen LogP contribution in [-0.2, 0) is 4.74 Å². The average Bonchev–Trinajstić information content (AvgIpc) is 2.94. The Labute approximate surface area is 124 Å². The summed E-state index contributed by atoms with van der Waals surface area (Å²) >= 11 is 0. The van der Waals surface area contributed by atoms with Crippen LogP contribution in [0, 0.1) is 0 Å². The Bertz CT molecular complexity index is 306. The second-order valence-electron chi connectivity index (χ2n) is 7.24. The van der Waals surface area contributed by atoms with Gasteiger partial charge in [-0.3, -0.25) is 4.90 Å². The Balaban J connectivity index is 1.68. The van der Waals surface area contributed by atoms with E-state index in [-0.39, 0.29) is 0 Å². The van der Waals surface area contributed by atoms with Crippen LogP contribution in [0.3, 0.4) is 0 Å². The van der Waals surface area contributed by atoms with E-state index < -0.39 is 0 Å². The van der Waals surface area contributed by atoms with Crippen molar-refractivity contribution >= 4 is 0 Å². The van der Waals surface area contributed by atoms with Crippen LogP contribution >= 0.6 is 0 Å². The van der Waals surface area contributed by atoms with Gasteiger partial charge in [0.25, 0.3) is 0 Å². The van der Waals surface area contributed by atoms with Crippen LogP contribution in [0.1, 0.15) is 64.7 Å². The Morgan fingerprint density at radius 3 is 2.40 bits per heavy atom. The third kappa shape index (κ3) is 2.90. The van der Waals surface area contributed by atoms with E-state index in [0.717, 1.165) is 19.8 Å². The molecular formula is C17H32N2O. The zero-order valence-corrected chi connectivity index (χ0v) is 13.3. The van der Waals surface area contributed by atoms with Crippen LogP contribution in [0.5, 0.6) is 0 Å². The van der Waals surface area contributed by atoms with Crippen LogP contribution in [0.15, 0.2) is 0 Å². The fourth-order valence-electron chi connectivity index (χ4n) is 4.78. The lowest BCUT2D eigenvalue weighted by Crippen LogP contribution is -2.70. The molecule has 0 aromatic heterocycles. The molecule has 0 aromatic carbocycles. The highest BCUT2D eigenvalue weighted by molar-refractivity contribution is 5.07. The first-order valence-electron chi connectivity index (χ1n) is 8.87. The SMILES string of the molecule is CCOCCN1CC2(CCCCC2)NCC12CCCC2. The van der Waals surface area contributed by atoms with Crippen molar-refractivity contribution in [1.82, 2.24) is 10.2 Å². The lowest BCUT2D eigenvalue weighted by atomic mass is 9.76. The van der Waals surface area contributed by atoms with Gasteiger partial charge in [0.1, 0.15) is 0 Å². The van der Waals surface area contributed by atoms with Crippen molar-refractivity contribution in [2.75, 3.05) is 32.8 Å². The summed E-state index contributed by atoms with van der Waals surface area (Å²) in [6.45, 7) is 7.49. The lowest BCUT2D eigenvalue weighted by Gasteiger charge is -2.55. The van der Waals surface area contributed by atoms with Crippen molar-refractivity contribution in [1.29, 1.82) is 0 Å². The van der Waals surface area contributed by atoms with E-state index in [1.54, 1.807) is 0 Å². The number of hydrogen-bond donors (Lipinski definition) is 1. The molecule has 0 radical (unpaired) electrons. The van der Waals surface area contributed by atoms with Gasteiger partial charge in [0.15, 0.2) is 0 Å². The minimum Gasteiger partial charge on any atom is -0.380 e. The van der Waals surface area contributed by atoms with Gasteiger partial charge in [0, 0.05) is 37.3 Å². The fourth-order valence-corrected chi connectivity index (χ4v) is 4.78. The predicted octanol–water partition coefficient (Wildman–Crippen LogP) is 2.94. The molecule has 1 aliphatic heterocycles. The second kappa shape index (κ2) is 6.33. The lowest BCUT2D eigenvalue weighted by molar-refractivity contribution is -0.0223. The van der Waals surface area contributed by atoms with Crippen LogP contribution in [0.25, 0.3) is 0 Å². The van der Waals surface area contributed by atoms with Gasteiger partial charge in [-0.25, -0.2) is 0 Å². The van der Waals surface area contributed by atoms with Crippen molar-refractivity contribution in [2.45, 2.75) is 75.8 Å². The summed E-state index contributed by atoms with van der Waals surface area (Å²) in [6.07, 6.45) is 12.7. The Morgan fingerprint density at radius 2 is 1.70 bits per heavy atom. The van der Waals surface area contributed by atoms with E-state index >= 15 is 0 Å². The molecule has 3 heteroatoms. The van der Waals surface area contributed by atoms with Gasteiger partial charge in [-0.15, -0.1) is 0 Å². The highest BCUT2D eigenvalue weighted by Crippen LogP contribution is 2.41. The van der Waals surface area contributed by atoms with Gasteiger partial charge in [-0.2, -0.15) is 0 Å². The van der Waals surface area contributed by atoms with Crippen LogP contribution < -0.4 is 5.32 Å². The van der Waals surface area contributed by atoms with Gasteiger partial charge in [-0.05, 0) is 32.6 Å². The summed E-state index contributed by atoms with van der Waals surface area (Å²) in [5, 5.41) is 4.01. The molecule has 3 fully saturated rings. The number of ether oxygens (including phenoxy) is 1. The van der Waals surface area contributed by atoms with Crippen molar-refractivity contribution < 1.29 is 4.74 Å². The Kier molecular flexibility index (Phi) is 4.68. The molecule has 3 nitrogen and oxygen atoms in total. The highest BCUT2D eigenvalue weighted by atomic mass is 16.5. The van der Waals surface area contributed by atoms with Crippen LogP contribution in [0.2, 0.25) is 0 Å². The first kappa shape index (κ1) is 14.8. The van der Waals surface area contributed by atoms with Gasteiger partial charge < -0.3 is 10.1 Å². The fraction of sp³-hybridized carbons (Fsp3) is 1.00. The summed E-state index contributed by atoms with van der Waals surface area (Å²) in [6, 6.07) is 0. The molecule has 0 atom stereocenters. The molecule has 0 unspecified atom stereocenters. The molecule has 0 aromatic rings. The standard InChI is InChI=1S/C17H32N2O/c1-2-20-13-12-19-15-16(8-4-3-5-9-16)18-14-17(19)10-6-7-11-17/h18H,2-15H2,1H3. The van der Waals surface area contributed by atoms with Gasteiger partial charge >= 0.3 is 0 Å². The van der Waals surface area contributed by atoms with Crippen molar-refractivity contribution in [2.24, 2.45) is 0 Å². The molecule has 2 spiro atoms. The molecule has 3 aliphatic rings. The molecule has 0 bridgehead atoms. The number of nitrogens with zero attached hydrogens (tertiary/aromatic N) is 1. The van der Waals surface area contributed by atoms with E-state index in [2.05, 4.69) is 17.1 Å². The maximum absolute atomic E-state index is 5.65. The van der Waals surface area contributed by atoms with Gasteiger partial charge in [0.05, 0.1) is 6.61 Å². The average molecular weight is 280 g/mol. The van der Waals surface area contributed by atoms with Crippen molar-refractivity contribution in [3.8, 4) is 0 Å². The Morgan fingerprint density at radius 1 is 1.00 bits per heavy atom. The van der Waals surface area contributed by atoms with Crippen LogP contribution in [-0.4, -0.2) is 48.8 Å². The van der Waals surface area contributed by atoms with E-state index in [1.807, 2.05) is 0 Å². The molecule has 0 amide bonds.